The minimum atomic E-state index is -0.590. The first kappa shape index (κ1) is 45.3. The molecule has 4 amide bonds. The number of amides is 4. The summed E-state index contributed by atoms with van der Waals surface area (Å²) >= 11 is 28.3. The van der Waals surface area contributed by atoms with Gasteiger partial charge in [0, 0.05) is 86.1 Å². The number of halogens is 4. The molecule has 0 saturated heterocycles. The van der Waals surface area contributed by atoms with E-state index in [1.165, 1.54) is 24.3 Å². The van der Waals surface area contributed by atoms with E-state index in [4.69, 9.17) is 85.9 Å². The molecular formula is C40H36Cl4N8O10. The maximum atomic E-state index is 14.1. The Hall–Kier alpha value is -4.78. The fraction of sp³-hybridized carbons (Fsp3) is 0.400. The lowest BCUT2D eigenvalue weighted by Crippen LogP contribution is -2.42. The average molecular weight is 931 g/mol. The third kappa shape index (κ3) is 8.88. The molecule has 0 saturated carbocycles. The normalized spacial score (nSPS) is 13.7. The van der Waals surface area contributed by atoms with E-state index in [1.807, 2.05) is 0 Å². The first-order valence-electron chi connectivity index (χ1n) is 19.3. The van der Waals surface area contributed by atoms with Crippen LogP contribution < -0.4 is 0 Å². The molecule has 7 rings (SSSR count). The van der Waals surface area contributed by atoms with E-state index in [0.29, 0.717) is 69.5 Å². The summed E-state index contributed by atoms with van der Waals surface area (Å²) in [5, 5.41) is 10.2. The van der Waals surface area contributed by atoms with Crippen LogP contribution in [0.5, 0.6) is 0 Å². The van der Waals surface area contributed by atoms with Gasteiger partial charge < -0.3 is 28.4 Å². The predicted octanol–water partition coefficient (Wildman–Crippen LogP) is 8.26. The second-order valence-electron chi connectivity index (χ2n) is 13.7. The Kier molecular flexibility index (Phi) is 15.0. The van der Waals surface area contributed by atoms with Gasteiger partial charge in [-0.3, -0.25) is 29.0 Å². The molecule has 0 atom stereocenters. The summed E-state index contributed by atoms with van der Waals surface area (Å²) in [7, 11) is 0. The highest BCUT2D eigenvalue weighted by molar-refractivity contribution is 6.56. The number of fused-ring (bicyclic) bond motifs is 2. The Bertz CT molecular complexity index is 2380. The molecule has 5 aromatic rings. The summed E-state index contributed by atoms with van der Waals surface area (Å²) in [5.41, 5.74) is 17.2. The Morgan fingerprint density at radius 1 is 0.403 bits per heavy atom. The maximum absolute atomic E-state index is 14.1. The number of benzene rings is 5. The monoisotopic (exact) mass is 928 g/mol. The summed E-state index contributed by atoms with van der Waals surface area (Å²) in [6, 6.07) is 5.93. The van der Waals surface area contributed by atoms with Gasteiger partial charge in [0.2, 0.25) is 0 Å². The van der Waals surface area contributed by atoms with E-state index in [1.54, 1.807) is 0 Å². The molecule has 2 aliphatic rings. The lowest BCUT2D eigenvalue weighted by molar-refractivity contribution is 0.0119. The number of hydrogen-bond donors (Lipinski definition) is 0. The molecule has 0 bridgehead atoms. The average Bonchev–Trinajstić information content (AvgIpc) is 3.25. The minimum Gasteiger partial charge on any atom is -0.379 e. The van der Waals surface area contributed by atoms with Crippen LogP contribution >= 0.6 is 46.4 Å². The highest BCUT2D eigenvalue weighted by Crippen LogP contribution is 2.53. The topological polar surface area (TPSA) is 228 Å². The second-order valence-corrected chi connectivity index (χ2v) is 15.4. The van der Waals surface area contributed by atoms with Gasteiger partial charge in [0.25, 0.3) is 23.6 Å². The van der Waals surface area contributed by atoms with Crippen LogP contribution in [0.2, 0.25) is 20.1 Å². The van der Waals surface area contributed by atoms with Crippen molar-refractivity contribution in [2.24, 2.45) is 10.2 Å². The third-order valence-corrected chi connectivity index (χ3v) is 11.4. The van der Waals surface area contributed by atoms with Gasteiger partial charge in [-0.05, 0) is 35.3 Å². The fourth-order valence-corrected chi connectivity index (χ4v) is 8.85. The number of azide groups is 2. The summed E-state index contributed by atoms with van der Waals surface area (Å²) in [6.45, 7) is 3.08. The van der Waals surface area contributed by atoms with Crippen LogP contribution in [0, 0.1) is 0 Å². The molecule has 22 heteroatoms. The predicted molar refractivity (Wildman–Crippen MR) is 231 cm³/mol. The van der Waals surface area contributed by atoms with Gasteiger partial charge in [-0.2, -0.15) is 0 Å². The zero-order valence-electron chi connectivity index (χ0n) is 32.8. The standard InChI is InChI=1S/C40H36Cl4N8O10/c41-25-17-21-29-22(38(54)51(37(21)53)3-7-59-11-15-61-13-9-57-5-1-47-49-45)18-26(42)32-34-28(44)20-24-30-23(19-27(43)33(36(30)34)31(25)35(29)32)39(55)52(40(24)56)4-8-60-12-16-62-14-10-58-6-2-48-50-46/h17-20H,1-16H2. The lowest BCUT2D eigenvalue weighted by Gasteiger charge is -2.31. The number of ether oxygens (including phenoxy) is 6. The molecule has 18 nitrogen and oxygen atoms in total. The van der Waals surface area contributed by atoms with Crippen molar-refractivity contribution in [2.45, 2.75) is 0 Å². The van der Waals surface area contributed by atoms with Crippen molar-refractivity contribution < 1.29 is 47.6 Å². The maximum Gasteiger partial charge on any atom is 0.261 e. The number of hydrogen-bond acceptors (Lipinski definition) is 12. The van der Waals surface area contributed by atoms with Crippen molar-refractivity contribution >= 4 is 113 Å². The molecule has 2 aliphatic heterocycles. The van der Waals surface area contributed by atoms with E-state index in [-0.39, 0.29) is 121 Å². The molecule has 324 valence electrons. The molecule has 62 heavy (non-hydrogen) atoms. The van der Waals surface area contributed by atoms with Crippen molar-refractivity contribution in [3.05, 3.63) is 87.5 Å². The highest BCUT2D eigenvalue weighted by Gasteiger charge is 2.39. The molecule has 0 spiro atoms. The van der Waals surface area contributed by atoms with Gasteiger partial charge >= 0.3 is 0 Å². The van der Waals surface area contributed by atoms with Gasteiger partial charge in [0.1, 0.15) is 0 Å². The van der Waals surface area contributed by atoms with E-state index >= 15 is 0 Å². The summed E-state index contributed by atoms with van der Waals surface area (Å²) in [6.07, 6.45) is 0. The summed E-state index contributed by atoms with van der Waals surface area (Å²) in [4.78, 5) is 63.7. The largest absolute Gasteiger partial charge is 0.379 e. The van der Waals surface area contributed by atoms with Crippen LogP contribution in [0.3, 0.4) is 0 Å². The third-order valence-electron chi connectivity index (χ3n) is 10.2. The summed E-state index contributed by atoms with van der Waals surface area (Å²) in [5.74, 6) is -2.36. The first-order chi connectivity index (χ1) is 30.1. The van der Waals surface area contributed by atoms with Crippen LogP contribution in [-0.4, -0.2) is 139 Å². The van der Waals surface area contributed by atoms with Crippen molar-refractivity contribution in [3.8, 4) is 0 Å². The van der Waals surface area contributed by atoms with Gasteiger partial charge in [0.15, 0.2) is 0 Å². The number of rotatable bonds is 24. The zero-order chi connectivity index (χ0) is 43.9. The van der Waals surface area contributed by atoms with Crippen molar-refractivity contribution in [2.75, 3.05) is 105 Å². The van der Waals surface area contributed by atoms with E-state index < -0.39 is 23.6 Å². The molecule has 0 N–H and O–H groups in total. The molecule has 0 aliphatic carbocycles. The van der Waals surface area contributed by atoms with Gasteiger partial charge in [0.05, 0.1) is 115 Å². The van der Waals surface area contributed by atoms with Crippen LogP contribution in [0.25, 0.3) is 64.0 Å². The van der Waals surface area contributed by atoms with Crippen LogP contribution in [0.15, 0.2) is 34.5 Å². The van der Waals surface area contributed by atoms with Gasteiger partial charge in [-0.25, -0.2) is 0 Å². The molecular weight excluding hydrogens is 894 g/mol. The molecule has 2 heterocycles. The van der Waals surface area contributed by atoms with Crippen LogP contribution in [0.4, 0.5) is 0 Å². The highest BCUT2D eigenvalue weighted by atomic mass is 35.5. The van der Waals surface area contributed by atoms with E-state index in [9.17, 15) is 19.2 Å². The van der Waals surface area contributed by atoms with Crippen molar-refractivity contribution in [1.29, 1.82) is 0 Å². The number of nitrogens with zero attached hydrogens (tertiary/aromatic N) is 8. The molecule has 0 unspecified atom stereocenters. The zero-order valence-corrected chi connectivity index (χ0v) is 35.8. The van der Waals surface area contributed by atoms with E-state index in [0.717, 1.165) is 9.80 Å². The first-order valence-corrected chi connectivity index (χ1v) is 20.8. The minimum absolute atomic E-state index is 0.0296. The Morgan fingerprint density at radius 2 is 0.661 bits per heavy atom. The molecule has 0 radical (unpaired) electrons. The van der Waals surface area contributed by atoms with E-state index in [2.05, 4.69) is 20.1 Å². The Balaban J connectivity index is 1.11. The molecule has 0 fully saturated rings. The lowest BCUT2D eigenvalue weighted by atomic mass is 9.82. The van der Waals surface area contributed by atoms with Crippen LogP contribution in [0.1, 0.15) is 41.4 Å². The number of imide groups is 2. The molecule has 0 aromatic heterocycles. The fourth-order valence-electron chi connectivity index (χ4n) is 7.66. The number of carbonyl (C=O) groups is 4. The number of carbonyl (C=O) groups excluding carboxylic acids is 4. The Labute approximate surface area is 372 Å². The van der Waals surface area contributed by atoms with Gasteiger partial charge in [-0.1, -0.05) is 56.6 Å². The Morgan fingerprint density at radius 3 is 0.935 bits per heavy atom. The van der Waals surface area contributed by atoms with Crippen molar-refractivity contribution in [3.63, 3.8) is 0 Å². The summed E-state index contributed by atoms with van der Waals surface area (Å²) < 4.78 is 32.8. The smallest absolute Gasteiger partial charge is 0.261 e. The van der Waals surface area contributed by atoms with Crippen molar-refractivity contribution in [1.82, 2.24) is 9.80 Å². The van der Waals surface area contributed by atoms with Gasteiger partial charge in [-0.15, -0.1) is 0 Å². The quantitative estimate of drug-likeness (QED) is 0.0109. The SMILES string of the molecule is [N-]=[N+]=NCCOCCOCCOCCN1C(=O)c2cc(Cl)c3c4c(Cl)cc5c6c(cc(Cl)c(c7c(Cl)cc(c2c37)C1=O)c64)C(=O)N(CCOCCOCCOCCN=[N+]=[N-])C5=O. The van der Waals surface area contributed by atoms with Crippen LogP contribution in [-0.2, 0) is 28.4 Å². The second kappa shape index (κ2) is 20.6. The molecule has 5 aromatic carbocycles.